The van der Waals surface area contributed by atoms with Gasteiger partial charge in [-0.05, 0) is 18.6 Å². The highest BCUT2D eigenvalue weighted by Crippen LogP contribution is 2.27. The van der Waals surface area contributed by atoms with Crippen molar-refractivity contribution in [3.8, 4) is 11.1 Å². The van der Waals surface area contributed by atoms with Crippen molar-refractivity contribution >= 4 is 24.2 Å². The summed E-state index contributed by atoms with van der Waals surface area (Å²) in [6, 6.07) is 17.7. The zero-order valence-electron chi connectivity index (χ0n) is 10.1. The molecule has 0 bridgehead atoms. The Bertz CT molecular complexity index is 537. The smallest absolute Gasteiger partial charge is 0.236 e. The minimum Gasteiger partial charge on any atom is -0.325 e. The average molecular weight is 257 g/mol. The molecule has 0 spiro atoms. The number of benzene rings is 2. The van der Waals surface area contributed by atoms with Crippen molar-refractivity contribution in [1.29, 1.82) is 0 Å². The fourth-order valence-corrected chi connectivity index (χ4v) is 1.76. The maximum Gasteiger partial charge on any atom is 0.236 e. The molecule has 1 amide bonds. The zero-order valence-corrected chi connectivity index (χ0v) is 11.0. The molecule has 92 valence electrons. The summed E-state index contributed by atoms with van der Waals surface area (Å²) in [6.45, 7) is 1.75. The molecule has 0 saturated carbocycles. The van der Waals surface area contributed by atoms with Crippen LogP contribution in [0.4, 0.5) is 5.69 Å². The summed E-state index contributed by atoms with van der Waals surface area (Å²) in [4.78, 5) is 11.7. The van der Waals surface area contributed by atoms with E-state index in [2.05, 4.69) is 17.9 Å². The summed E-state index contributed by atoms with van der Waals surface area (Å²) >= 11 is 4.13. The molecule has 0 saturated heterocycles. The standard InChI is InChI=1S/C15H15NOS/c1-11(18)15(17)16-14-10-6-5-9-13(14)12-7-3-2-4-8-12/h2-11,18H,1H3,(H,16,17). The maximum absolute atomic E-state index is 11.7. The van der Waals surface area contributed by atoms with E-state index in [0.717, 1.165) is 16.8 Å². The fraction of sp³-hybridized carbons (Fsp3) is 0.133. The second-order valence-electron chi connectivity index (χ2n) is 4.08. The Morgan fingerprint density at radius 2 is 1.67 bits per heavy atom. The van der Waals surface area contributed by atoms with E-state index in [1.54, 1.807) is 6.92 Å². The van der Waals surface area contributed by atoms with Crippen LogP contribution in [0, 0.1) is 0 Å². The third kappa shape index (κ3) is 2.93. The number of nitrogens with one attached hydrogen (secondary N) is 1. The number of para-hydroxylation sites is 1. The Hall–Kier alpha value is -1.74. The van der Waals surface area contributed by atoms with Crippen molar-refractivity contribution in [2.24, 2.45) is 0 Å². The lowest BCUT2D eigenvalue weighted by Gasteiger charge is -2.12. The molecule has 0 aliphatic heterocycles. The van der Waals surface area contributed by atoms with Gasteiger partial charge in [0, 0.05) is 11.3 Å². The van der Waals surface area contributed by atoms with Crippen LogP contribution in [0.2, 0.25) is 0 Å². The highest BCUT2D eigenvalue weighted by atomic mass is 32.1. The van der Waals surface area contributed by atoms with Gasteiger partial charge in [-0.2, -0.15) is 12.6 Å². The van der Waals surface area contributed by atoms with Gasteiger partial charge in [-0.25, -0.2) is 0 Å². The van der Waals surface area contributed by atoms with Crippen molar-refractivity contribution in [2.45, 2.75) is 12.2 Å². The van der Waals surface area contributed by atoms with Gasteiger partial charge in [0.25, 0.3) is 0 Å². The SMILES string of the molecule is CC(S)C(=O)Nc1ccccc1-c1ccccc1. The molecule has 2 aromatic rings. The van der Waals surface area contributed by atoms with Gasteiger partial charge in [0.2, 0.25) is 5.91 Å². The number of carbonyl (C=O) groups is 1. The maximum atomic E-state index is 11.7. The first-order chi connectivity index (χ1) is 8.68. The van der Waals surface area contributed by atoms with Crippen LogP contribution in [0.3, 0.4) is 0 Å². The highest BCUT2D eigenvalue weighted by molar-refractivity contribution is 7.81. The Morgan fingerprint density at radius 1 is 1.06 bits per heavy atom. The Morgan fingerprint density at radius 3 is 2.33 bits per heavy atom. The van der Waals surface area contributed by atoms with Gasteiger partial charge in [-0.15, -0.1) is 0 Å². The summed E-state index contributed by atoms with van der Waals surface area (Å²) in [5.41, 5.74) is 2.91. The average Bonchev–Trinajstić information content (AvgIpc) is 2.40. The van der Waals surface area contributed by atoms with Crippen LogP contribution in [0.25, 0.3) is 11.1 Å². The number of hydrogen-bond acceptors (Lipinski definition) is 2. The fourth-order valence-electron chi connectivity index (χ4n) is 1.70. The minimum atomic E-state index is -0.325. The van der Waals surface area contributed by atoms with Crippen LogP contribution in [-0.4, -0.2) is 11.2 Å². The van der Waals surface area contributed by atoms with Crippen molar-refractivity contribution in [3.63, 3.8) is 0 Å². The molecule has 0 aliphatic rings. The molecule has 0 fully saturated rings. The van der Waals surface area contributed by atoms with Crippen LogP contribution in [0.5, 0.6) is 0 Å². The molecular formula is C15H15NOS. The van der Waals surface area contributed by atoms with Gasteiger partial charge >= 0.3 is 0 Å². The highest BCUT2D eigenvalue weighted by Gasteiger charge is 2.11. The molecule has 0 radical (unpaired) electrons. The van der Waals surface area contributed by atoms with Crippen molar-refractivity contribution in [3.05, 3.63) is 54.6 Å². The Labute approximate surface area is 112 Å². The Kier molecular flexibility index (Phi) is 4.05. The van der Waals surface area contributed by atoms with E-state index >= 15 is 0 Å². The molecule has 18 heavy (non-hydrogen) atoms. The number of rotatable bonds is 3. The Balaban J connectivity index is 2.35. The predicted octanol–water partition coefficient (Wildman–Crippen LogP) is 3.61. The van der Waals surface area contributed by atoms with E-state index in [0.29, 0.717) is 0 Å². The van der Waals surface area contributed by atoms with Crippen molar-refractivity contribution < 1.29 is 4.79 Å². The first kappa shape index (κ1) is 12.7. The van der Waals surface area contributed by atoms with Crippen LogP contribution in [0.1, 0.15) is 6.92 Å². The normalized spacial score (nSPS) is 11.9. The van der Waals surface area contributed by atoms with E-state index < -0.39 is 0 Å². The minimum absolute atomic E-state index is 0.0956. The van der Waals surface area contributed by atoms with E-state index in [9.17, 15) is 4.79 Å². The lowest BCUT2D eigenvalue weighted by Crippen LogP contribution is -2.20. The lowest BCUT2D eigenvalue weighted by atomic mass is 10.0. The van der Waals surface area contributed by atoms with Gasteiger partial charge in [0.05, 0.1) is 5.25 Å². The summed E-state index contributed by atoms with van der Waals surface area (Å²) in [7, 11) is 0. The van der Waals surface area contributed by atoms with Gasteiger partial charge < -0.3 is 5.32 Å². The number of carbonyl (C=O) groups excluding carboxylic acids is 1. The van der Waals surface area contributed by atoms with Crippen LogP contribution in [0.15, 0.2) is 54.6 Å². The van der Waals surface area contributed by atoms with Gasteiger partial charge in [0.1, 0.15) is 0 Å². The van der Waals surface area contributed by atoms with E-state index in [4.69, 9.17) is 0 Å². The van der Waals surface area contributed by atoms with Gasteiger partial charge in [0.15, 0.2) is 0 Å². The van der Waals surface area contributed by atoms with E-state index in [1.165, 1.54) is 0 Å². The molecule has 0 aromatic heterocycles. The molecule has 0 heterocycles. The summed E-state index contributed by atoms with van der Waals surface area (Å²) in [5.74, 6) is -0.0956. The quantitative estimate of drug-likeness (QED) is 0.808. The third-order valence-corrected chi connectivity index (χ3v) is 2.88. The zero-order chi connectivity index (χ0) is 13.0. The second kappa shape index (κ2) is 5.74. The molecule has 2 rings (SSSR count). The first-order valence-corrected chi connectivity index (χ1v) is 6.33. The lowest BCUT2D eigenvalue weighted by molar-refractivity contribution is -0.115. The molecular weight excluding hydrogens is 242 g/mol. The van der Waals surface area contributed by atoms with E-state index in [-0.39, 0.29) is 11.2 Å². The molecule has 0 aliphatic carbocycles. The number of amides is 1. The molecule has 2 aromatic carbocycles. The molecule has 1 N–H and O–H groups in total. The van der Waals surface area contributed by atoms with Crippen molar-refractivity contribution in [2.75, 3.05) is 5.32 Å². The number of thiol groups is 1. The molecule has 2 nitrogen and oxygen atoms in total. The summed E-state index contributed by atoms with van der Waals surface area (Å²) < 4.78 is 0. The van der Waals surface area contributed by atoms with Gasteiger partial charge in [-0.3, -0.25) is 4.79 Å². The van der Waals surface area contributed by atoms with E-state index in [1.807, 2.05) is 54.6 Å². The first-order valence-electron chi connectivity index (χ1n) is 5.82. The largest absolute Gasteiger partial charge is 0.325 e. The summed E-state index contributed by atoms with van der Waals surface area (Å²) in [5, 5.41) is 2.57. The molecule has 1 unspecified atom stereocenters. The second-order valence-corrected chi connectivity index (χ2v) is 4.85. The van der Waals surface area contributed by atoms with Gasteiger partial charge in [-0.1, -0.05) is 48.5 Å². The number of hydrogen-bond donors (Lipinski definition) is 2. The monoisotopic (exact) mass is 257 g/mol. The van der Waals surface area contributed by atoms with Crippen molar-refractivity contribution in [1.82, 2.24) is 0 Å². The van der Waals surface area contributed by atoms with Crippen LogP contribution >= 0.6 is 12.6 Å². The summed E-state index contributed by atoms with van der Waals surface area (Å²) in [6.07, 6.45) is 0. The van der Waals surface area contributed by atoms with Crippen LogP contribution in [-0.2, 0) is 4.79 Å². The topological polar surface area (TPSA) is 29.1 Å². The number of anilines is 1. The molecule has 3 heteroatoms. The third-order valence-electron chi connectivity index (χ3n) is 2.65. The van der Waals surface area contributed by atoms with Crippen LogP contribution < -0.4 is 5.32 Å². The predicted molar refractivity (Wildman–Crippen MR) is 79.0 cm³/mol. The molecule has 1 atom stereocenters.